The molecule has 0 fully saturated rings. The highest BCUT2D eigenvalue weighted by Crippen LogP contribution is 2.37. The topological polar surface area (TPSA) is 123 Å². The maximum atomic E-state index is 11.8. The fourth-order valence-electron chi connectivity index (χ4n) is 2.78. The Bertz CT molecular complexity index is 1120. The number of hydrogen-bond acceptors (Lipinski definition) is 4. The van der Waals surface area contributed by atoms with Gasteiger partial charge in [0.2, 0.25) is 10.0 Å². The van der Waals surface area contributed by atoms with E-state index in [1.54, 1.807) is 6.07 Å². The van der Waals surface area contributed by atoms with E-state index in [-0.39, 0.29) is 16.2 Å². The minimum atomic E-state index is -3.83. The van der Waals surface area contributed by atoms with Crippen LogP contribution in [-0.4, -0.2) is 19.4 Å². The van der Waals surface area contributed by atoms with Crippen molar-refractivity contribution >= 4 is 15.9 Å². The average Bonchev–Trinajstić information content (AvgIpc) is 2.62. The Morgan fingerprint density at radius 3 is 1.96 bits per heavy atom. The number of nitrogens with two attached hydrogens (primary N) is 2. The largest absolute Gasteiger partial charge is 0.506 e. The van der Waals surface area contributed by atoms with E-state index in [1.165, 1.54) is 30.3 Å². The minimum absolute atomic E-state index is 0.0152. The van der Waals surface area contributed by atoms with Crippen LogP contribution in [0.2, 0.25) is 0 Å². The number of amides is 1. The monoisotopic (exact) mass is 382 g/mol. The third-order valence-corrected chi connectivity index (χ3v) is 5.18. The molecule has 138 valence electrons. The van der Waals surface area contributed by atoms with Crippen molar-refractivity contribution in [1.29, 1.82) is 0 Å². The predicted molar refractivity (Wildman–Crippen MR) is 104 cm³/mol. The number of hydrogen-bond donors (Lipinski definition) is 3. The van der Waals surface area contributed by atoms with Crippen LogP contribution in [0.4, 0.5) is 0 Å². The average molecular weight is 382 g/mol. The van der Waals surface area contributed by atoms with Gasteiger partial charge in [0.15, 0.2) is 0 Å². The van der Waals surface area contributed by atoms with Crippen LogP contribution >= 0.6 is 0 Å². The molecule has 0 aliphatic heterocycles. The first-order valence-electron chi connectivity index (χ1n) is 8.04. The van der Waals surface area contributed by atoms with Gasteiger partial charge in [-0.2, -0.15) is 0 Å². The molecule has 0 unspecified atom stereocenters. The van der Waals surface area contributed by atoms with Gasteiger partial charge in [0, 0.05) is 5.56 Å². The molecule has 0 bridgehead atoms. The summed E-state index contributed by atoms with van der Waals surface area (Å²) in [6.45, 7) is 1.97. The zero-order valence-electron chi connectivity index (χ0n) is 14.5. The van der Waals surface area contributed by atoms with Crippen molar-refractivity contribution in [2.24, 2.45) is 10.9 Å². The van der Waals surface area contributed by atoms with Gasteiger partial charge in [-0.1, -0.05) is 42.0 Å². The normalized spacial score (nSPS) is 11.3. The van der Waals surface area contributed by atoms with Gasteiger partial charge in [0.05, 0.1) is 10.5 Å². The van der Waals surface area contributed by atoms with E-state index in [9.17, 15) is 18.3 Å². The molecule has 3 aromatic carbocycles. The third kappa shape index (κ3) is 3.84. The second kappa shape index (κ2) is 6.86. The SMILES string of the molecule is Cc1ccc(-c2cc(C(N)=O)c(O)c(-c3ccc(S(N)(=O)=O)cc3)c2)cc1. The quantitative estimate of drug-likeness (QED) is 0.642. The molecule has 0 saturated heterocycles. The summed E-state index contributed by atoms with van der Waals surface area (Å²) in [6.07, 6.45) is 0. The Balaban J connectivity index is 2.19. The lowest BCUT2D eigenvalue weighted by Crippen LogP contribution is -2.12. The summed E-state index contributed by atoms with van der Waals surface area (Å²) >= 11 is 0. The number of rotatable bonds is 4. The van der Waals surface area contributed by atoms with Crippen molar-refractivity contribution in [2.45, 2.75) is 11.8 Å². The second-order valence-electron chi connectivity index (χ2n) is 6.22. The molecule has 0 aromatic heterocycles. The maximum Gasteiger partial charge on any atom is 0.252 e. The maximum absolute atomic E-state index is 11.8. The van der Waals surface area contributed by atoms with Gasteiger partial charge < -0.3 is 10.8 Å². The molecular weight excluding hydrogens is 364 g/mol. The summed E-state index contributed by atoms with van der Waals surface area (Å²) in [5.74, 6) is -1.02. The highest BCUT2D eigenvalue weighted by atomic mass is 32.2. The van der Waals surface area contributed by atoms with E-state index in [0.29, 0.717) is 16.7 Å². The van der Waals surface area contributed by atoms with Crippen LogP contribution in [0, 0.1) is 6.92 Å². The molecule has 0 heterocycles. The van der Waals surface area contributed by atoms with Crippen LogP contribution in [0.15, 0.2) is 65.6 Å². The zero-order chi connectivity index (χ0) is 19.8. The molecule has 0 spiro atoms. The number of carbonyl (C=O) groups is 1. The van der Waals surface area contributed by atoms with Crippen LogP contribution in [0.25, 0.3) is 22.3 Å². The van der Waals surface area contributed by atoms with Crippen molar-refractivity contribution in [2.75, 3.05) is 0 Å². The summed E-state index contributed by atoms with van der Waals surface area (Å²) in [5, 5.41) is 15.6. The van der Waals surface area contributed by atoms with Crippen molar-refractivity contribution in [3.63, 3.8) is 0 Å². The standard InChI is InChI=1S/C20H18N2O4S/c1-12-2-4-13(5-3-12)15-10-17(19(23)18(11-15)20(21)24)14-6-8-16(9-7-14)27(22,25)26/h2-11,23H,1H3,(H2,21,24)(H2,22,25,26). The summed E-state index contributed by atoms with van der Waals surface area (Å²) in [5.41, 5.74) is 8.93. The number of sulfonamides is 1. The van der Waals surface area contributed by atoms with Crippen LogP contribution < -0.4 is 10.9 Å². The van der Waals surface area contributed by atoms with E-state index < -0.39 is 15.9 Å². The van der Waals surface area contributed by atoms with E-state index in [1.807, 2.05) is 31.2 Å². The van der Waals surface area contributed by atoms with E-state index in [2.05, 4.69) is 0 Å². The summed E-state index contributed by atoms with van der Waals surface area (Å²) in [4.78, 5) is 11.7. The highest BCUT2D eigenvalue weighted by molar-refractivity contribution is 7.89. The van der Waals surface area contributed by atoms with E-state index >= 15 is 0 Å². The van der Waals surface area contributed by atoms with Crippen molar-refractivity contribution < 1.29 is 18.3 Å². The first kappa shape index (κ1) is 18.6. The fourth-order valence-corrected chi connectivity index (χ4v) is 3.29. The Morgan fingerprint density at radius 2 is 1.44 bits per heavy atom. The van der Waals surface area contributed by atoms with Crippen molar-refractivity contribution in [3.05, 3.63) is 71.8 Å². The molecule has 0 atom stereocenters. The molecule has 1 amide bonds. The first-order chi connectivity index (χ1) is 12.7. The minimum Gasteiger partial charge on any atom is -0.506 e. The molecule has 3 rings (SSSR count). The molecule has 5 N–H and O–H groups in total. The number of carbonyl (C=O) groups excluding carboxylic acids is 1. The summed E-state index contributed by atoms with van der Waals surface area (Å²) in [6, 6.07) is 16.6. The molecule has 0 aliphatic rings. The number of primary amides is 1. The predicted octanol–water partition coefficient (Wildman–Crippen LogP) is 2.78. The lowest BCUT2D eigenvalue weighted by Gasteiger charge is -2.13. The number of aryl methyl sites for hydroxylation is 1. The molecule has 7 heteroatoms. The van der Waals surface area contributed by atoms with Crippen LogP contribution in [0.3, 0.4) is 0 Å². The molecule has 0 saturated carbocycles. The van der Waals surface area contributed by atoms with Gasteiger partial charge >= 0.3 is 0 Å². The smallest absolute Gasteiger partial charge is 0.252 e. The van der Waals surface area contributed by atoms with Gasteiger partial charge in [0.25, 0.3) is 5.91 Å². The van der Waals surface area contributed by atoms with Gasteiger partial charge in [-0.05, 0) is 47.9 Å². The van der Waals surface area contributed by atoms with Gasteiger partial charge in [0.1, 0.15) is 5.75 Å². The van der Waals surface area contributed by atoms with Crippen LogP contribution in [0.5, 0.6) is 5.75 Å². The molecule has 3 aromatic rings. The Morgan fingerprint density at radius 1 is 0.889 bits per heavy atom. The van der Waals surface area contributed by atoms with Crippen LogP contribution in [-0.2, 0) is 10.0 Å². The summed E-state index contributed by atoms with van der Waals surface area (Å²) < 4.78 is 22.8. The lowest BCUT2D eigenvalue weighted by atomic mass is 9.94. The molecular formula is C20H18N2O4S. The van der Waals surface area contributed by atoms with E-state index in [4.69, 9.17) is 10.9 Å². The van der Waals surface area contributed by atoms with Gasteiger partial charge in [-0.3, -0.25) is 4.79 Å². The van der Waals surface area contributed by atoms with Gasteiger partial charge in [-0.25, -0.2) is 13.6 Å². The molecule has 0 aliphatic carbocycles. The fraction of sp³-hybridized carbons (Fsp3) is 0.0500. The van der Waals surface area contributed by atoms with E-state index in [0.717, 1.165) is 11.1 Å². The number of phenols is 1. The third-order valence-electron chi connectivity index (χ3n) is 4.25. The Labute approximate surface area is 157 Å². The van der Waals surface area contributed by atoms with Crippen molar-refractivity contribution in [1.82, 2.24) is 0 Å². The number of benzene rings is 3. The first-order valence-corrected chi connectivity index (χ1v) is 9.58. The molecule has 0 radical (unpaired) electrons. The number of aromatic hydroxyl groups is 1. The van der Waals surface area contributed by atoms with Crippen LogP contribution in [0.1, 0.15) is 15.9 Å². The zero-order valence-corrected chi connectivity index (χ0v) is 15.3. The van der Waals surface area contributed by atoms with Crippen molar-refractivity contribution in [3.8, 4) is 28.0 Å². The second-order valence-corrected chi connectivity index (χ2v) is 7.78. The Hall–Kier alpha value is -3.16. The molecule has 27 heavy (non-hydrogen) atoms. The lowest BCUT2D eigenvalue weighted by molar-refractivity contribution is 0.0998. The molecule has 6 nitrogen and oxygen atoms in total. The van der Waals surface area contributed by atoms with Gasteiger partial charge in [-0.15, -0.1) is 0 Å². The highest BCUT2D eigenvalue weighted by Gasteiger charge is 2.17. The number of primary sulfonamides is 1. The summed E-state index contributed by atoms with van der Waals surface area (Å²) in [7, 11) is -3.83. The Kier molecular flexibility index (Phi) is 4.73.